The summed E-state index contributed by atoms with van der Waals surface area (Å²) in [5.41, 5.74) is 10.7. The molecule has 3 nitrogen and oxygen atoms in total. The maximum Gasteiger partial charge on any atom is 0.0731 e. The molecule has 0 saturated heterocycles. The van der Waals surface area contributed by atoms with Crippen LogP contribution >= 0.6 is 0 Å². The Hall–Kier alpha value is -1.77. The molecule has 1 unspecified atom stereocenters. The van der Waals surface area contributed by atoms with E-state index in [0.29, 0.717) is 5.92 Å². The Morgan fingerprint density at radius 2 is 2.04 bits per heavy atom. The van der Waals surface area contributed by atoms with Crippen LogP contribution in [-0.2, 0) is 6.54 Å². The standard InChI is InChI=1S/C18H25N3.C2H6/c1-3-10-21-12-13(2)18(20-21)17(14-6-4-7-14)15-8-5-9-16(19)11-15;1-2/h5,8-9,11-12,14,17H,3-4,6-7,10,19H2,1-2H3;1-2H3. The van der Waals surface area contributed by atoms with Gasteiger partial charge in [0.15, 0.2) is 0 Å². The number of hydrogen-bond acceptors (Lipinski definition) is 2. The molecular weight excluding hydrogens is 282 g/mol. The molecule has 0 bridgehead atoms. The smallest absolute Gasteiger partial charge is 0.0731 e. The summed E-state index contributed by atoms with van der Waals surface area (Å²) in [6.07, 6.45) is 7.26. The van der Waals surface area contributed by atoms with E-state index in [4.69, 9.17) is 10.8 Å². The van der Waals surface area contributed by atoms with Crippen LogP contribution in [0.25, 0.3) is 0 Å². The Kier molecular flexibility index (Phi) is 6.26. The lowest BCUT2D eigenvalue weighted by atomic mass is 9.71. The molecule has 0 amide bonds. The predicted molar refractivity (Wildman–Crippen MR) is 98.6 cm³/mol. The molecule has 3 rings (SSSR count). The van der Waals surface area contributed by atoms with Gasteiger partial charge in [-0.05, 0) is 55.4 Å². The van der Waals surface area contributed by atoms with Gasteiger partial charge in [0.2, 0.25) is 0 Å². The summed E-state index contributed by atoms with van der Waals surface area (Å²) >= 11 is 0. The van der Waals surface area contributed by atoms with E-state index in [9.17, 15) is 0 Å². The van der Waals surface area contributed by atoms with Crippen LogP contribution in [0, 0.1) is 12.8 Å². The second-order valence-corrected chi connectivity index (χ2v) is 6.30. The van der Waals surface area contributed by atoms with Crippen LogP contribution in [0.5, 0.6) is 0 Å². The Morgan fingerprint density at radius 1 is 1.30 bits per heavy atom. The zero-order chi connectivity index (χ0) is 16.8. The van der Waals surface area contributed by atoms with Crippen molar-refractivity contribution in [2.45, 2.75) is 65.8 Å². The monoisotopic (exact) mass is 313 g/mol. The maximum atomic E-state index is 6.00. The zero-order valence-electron chi connectivity index (χ0n) is 15.0. The molecule has 0 spiro atoms. The number of nitrogen functional groups attached to an aromatic ring is 1. The fraction of sp³-hybridized carbons (Fsp3) is 0.550. The topological polar surface area (TPSA) is 43.8 Å². The van der Waals surface area contributed by atoms with E-state index in [1.807, 2.05) is 19.9 Å². The summed E-state index contributed by atoms with van der Waals surface area (Å²) in [6, 6.07) is 8.36. The van der Waals surface area contributed by atoms with Crippen molar-refractivity contribution in [3.8, 4) is 0 Å². The fourth-order valence-corrected chi connectivity index (χ4v) is 3.37. The van der Waals surface area contributed by atoms with E-state index in [1.165, 1.54) is 36.1 Å². The third-order valence-electron chi connectivity index (χ3n) is 4.62. The summed E-state index contributed by atoms with van der Waals surface area (Å²) in [5, 5.41) is 4.88. The second kappa shape index (κ2) is 8.19. The Morgan fingerprint density at radius 3 is 2.61 bits per heavy atom. The van der Waals surface area contributed by atoms with Crippen LogP contribution < -0.4 is 5.73 Å². The van der Waals surface area contributed by atoms with Gasteiger partial charge >= 0.3 is 0 Å². The molecule has 1 aliphatic rings. The van der Waals surface area contributed by atoms with E-state index in [0.717, 1.165) is 24.6 Å². The highest BCUT2D eigenvalue weighted by atomic mass is 15.3. The maximum absolute atomic E-state index is 6.00. The zero-order valence-corrected chi connectivity index (χ0v) is 15.0. The number of aromatic nitrogens is 2. The second-order valence-electron chi connectivity index (χ2n) is 6.30. The predicted octanol–water partition coefficient (Wildman–Crippen LogP) is 5.14. The van der Waals surface area contributed by atoms with Crippen molar-refractivity contribution in [2.24, 2.45) is 5.92 Å². The van der Waals surface area contributed by atoms with E-state index in [-0.39, 0.29) is 0 Å². The van der Waals surface area contributed by atoms with Crippen molar-refractivity contribution in [1.82, 2.24) is 9.78 Å². The number of aryl methyl sites for hydroxylation is 2. The Bertz CT molecular complexity index is 611. The molecule has 1 fully saturated rings. The van der Waals surface area contributed by atoms with Crippen molar-refractivity contribution in [2.75, 3.05) is 5.73 Å². The van der Waals surface area contributed by atoms with E-state index < -0.39 is 0 Å². The molecule has 1 atom stereocenters. The number of nitrogens with two attached hydrogens (primary N) is 1. The molecule has 0 aliphatic heterocycles. The average Bonchev–Trinajstić information content (AvgIpc) is 2.85. The van der Waals surface area contributed by atoms with Crippen LogP contribution in [-0.4, -0.2) is 9.78 Å². The molecule has 3 heteroatoms. The fourth-order valence-electron chi connectivity index (χ4n) is 3.37. The van der Waals surface area contributed by atoms with Crippen molar-refractivity contribution in [3.63, 3.8) is 0 Å². The Balaban J connectivity index is 0.000000924. The van der Waals surface area contributed by atoms with Crippen LogP contribution in [0.4, 0.5) is 5.69 Å². The molecule has 23 heavy (non-hydrogen) atoms. The molecule has 1 saturated carbocycles. The molecular formula is C20H31N3. The number of anilines is 1. The minimum Gasteiger partial charge on any atom is -0.399 e. The summed E-state index contributed by atoms with van der Waals surface area (Å²) in [5.74, 6) is 1.12. The molecule has 2 aromatic rings. The number of hydrogen-bond donors (Lipinski definition) is 1. The summed E-state index contributed by atoms with van der Waals surface area (Å²) in [4.78, 5) is 0. The van der Waals surface area contributed by atoms with E-state index in [1.54, 1.807) is 0 Å². The molecule has 126 valence electrons. The lowest BCUT2D eigenvalue weighted by Crippen LogP contribution is -2.22. The highest BCUT2D eigenvalue weighted by Gasteiger charge is 2.32. The third-order valence-corrected chi connectivity index (χ3v) is 4.62. The molecule has 0 radical (unpaired) electrons. The van der Waals surface area contributed by atoms with Crippen LogP contribution in [0.3, 0.4) is 0 Å². The first-order chi connectivity index (χ1) is 11.2. The number of benzene rings is 1. The lowest BCUT2D eigenvalue weighted by Gasteiger charge is -2.33. The molecule has 1 heterocycles. The molecule has 2 N–H and O–H groups in total. The van der Waals surface area contributed by atoms with Gasteiger partial charge in [-0.15, -0.1) is 0 Å². The van der Waals surface area contributed by atoms with E-state index >= 15 is 0 Å². The van der Waals surface area contributed by atoms with Gasteiger partial charge in [-0.1, -0.05) is 39.3 Å². The average molecular weight is 313 g/mol. The van der Waals surface area contributed by atoms with Gasteiger partial charge in [0.05, 0.1) is 5.69 Å². The van der Waals surface area contributed by atoms with Crippen molar-refractivity contribution >= 4 is 5.69 Å². The molecule has 1 aliphatic carbocycles. The number of nitrogens with zero attached hydrogens (tertiary/aromatic N) is 2. The highest BCUT2D eigenvalue weighted by Crippen LogP contribution is 2.43. The summed E-state index contributed by atoms with van der Waals surface area (Å²) < 4.78 is 2.10. The SMILES string of the molecule is CC.CCCn1cc(C)c(C(c2cccc(N)c2)C2CCC2)n1. The van der Waals surface area contributed by atoms with Crippen molar-refractivity contribution < 1.29 is 0 Å². The van der Waals surface area contributed by atoms with Crippen molar-refractivity contribution in [3.05, 3.63) is 47.3 Å². The highest BCUT2D eigenvalue weighted by molar-refractivity contribution is 5.45. The number of rotatable bonds is 5. The van der Waals surface area contributed by atoms with Gasteiger partial charge in [-0.3, -0.25) is 4.68 Å². The minimum atomic E-state index is 0.403. The third kappa shape index (κ3) is 3.95. The first-order valence-electron chi connectivity index (χ1n) is 9.08. The normalized spacial score (nSPS) is 15.5. The first kappa shape index (κ1) is 17.6. The van der Waals surface area contributed by atoms with E-state index in [2.05, 4.69) is 42.9 Å². The van der Waals surface area contributed by atoms with Gasteiger partial charge < -0.3 is 5.73 Å². The van der Waals surface area contributed by atoms with Gasteiger partial charge in [0.1, 0.15) is 0 Å². The van der Waals surface area contributed by atoms with Crippen molar-refractivity contribution in [1.29, 1.82) is 0 Å². The largest absolute Gasteiger partial charge is 0.399 e. The Labute approximate surface area is 140 Å². The van der Waals surface area contributed by atoms with Crippen LogP contribution in [0.1, 0.15) is 69.2 Å². The van der Waals surface area contributed by atoms with Gasteiger partial charge in [0, 0.05) is 24.3 Å². The van der Waals surface area contributed by atoms with Gasteiger partial charge in [0.25, 0.3) is 0 Å². The summed E-state index contributed by atoms with van der Waals surface area (Å²) in [7, 11) is 0. The van der Waals surface area contributed by atoms with Crippen LogP contribution in [0.15, 0.2) is 30.5 Å². The quantitative estimate of drug-likeness (QED) is 0.776. The molecule has 1 aromatic heterocycles. The van der Waals surface area contributed by atoms with Gasteiger partial charge in [-0.2, -0.15) is 5.10 Å². The molecule has 1 aromatic carbocycles. The lowest BCUT2D eigenvalue weighted by molar-refractivity contribution is 0.279. The first-order valence-corrected chi connectivity index (χ1v) is 9.08. The van der Waals surface area contributed by atoms with Gasteiger partial charge in [-0.25, -0.2) is 0 Å². The minimum absolute atomic E-state index is 0.403. The summed E-state index contributed by atoms with van der Waals surface area (Å²) in [6.45, 7) is 9.37. The van der Waals surface area contributed by atoms with Crippen LogP contribution in [0.2, 0.25) is 0 Å².